The van der Waals surface area contributed by atoms with Crippen molar-refractivity contribution >= 4 is 17.3 Å². The Morgan fingerprint density at radius 3 is 3.00 bits per heavy atom. The first kappa shape index (κ1) is 15.2. The molecule has 1 aromatic carbocycles. The molecule has 1 amide bonds. The Labute approximate surface area is 122 Å². The van der Waals surface area contributed by atoms with Crippen molar-refractivity contribution in [2.24, 2.45) is 5.84 Å². The molecule has 1 aromatic rings. The lowest BCUT2D eigenvalue weighted by atomic mass is 10.1. The summed E-state index contributed by atoms with van der Waals surface area (Å²) in [4.78, 5) is 24.6. The molecule has 1 aliphatic heterocycles. The number of amides is 1. The Bertz CT molecular complexity index is 549. The van der Waals surface area contributed by atoms with Gasteiger partial charge in [-0.2, -0.15) is 0 Å². The van der Waals surface area contributed by atoms with E-state index < -0.39 is 4.92 Å². The Hall–Kier alpha value is -2.19. The summed E-state index contributed by atoms with van der Waals surface area (Å²) in [6, 6.07) is 4.31. The van der Waals surface area contributed by atoms with E-state index in [9.17, 15) is 14.9 Å². The molecular weight excluding hydrogens is 276 g/mol. The van der Waals surface area contributed by atoms with Crippen LogP contribution in [0.1, 0.15) is 23.7 Å². The molecule has 1 atom stereocenters. The third-order valence-corrected chi connectivity index (χ3v) is 3.50. The fraction of sp³-hybridized carbons (Fsp3) is 0.462. The number of nitrogens with two attached hydrogens (primary N) is 1. The standard InChI is InChI=1S/C13H18N4O4/c1-2-9-8-16(6-7-21-9)13(18)10-4-3-5-11(17(19)20)12(10)15-14/h3-5,9,15H,2,6-8,14H2,1H3. The number of nitrogen functional groups attached to an aromatic ring is 1. The van der Waals surface area contributed by atoms with Gasteiger partial charge in [-0.05, 0) is 12.5 Å². The van der Waals surface area contributed by atoms with E-state index in [1.165, 1.54) is 18.2 Å². The van der Waals surface area contributed by atoms with Crippen molar-refractivity contribution in [2.45, 2.75) is 19.4 Å². The zero-order chi connectivity index (χ0) is 15.4. The molecule has 8 nitrogen and oxygen atoms in total. The van der Waals surface area contributed by atoms with Gasteiger partial charge in [-0.25, -0.2) is 0 Å². The predicted octanol–water partition coefficient (Wildman–Crippen LogP) is 1.13. The Morgan fingerprint density at radius 2 is 2.38 bits per heavy atom. The van der Waals surface area contributed by atoms with Crippen LogP contribution < -0.4 is 11.3 Å². The minimum atomic E-state index is -0.569. The van der Waals surface area contributed by atoms with Gasteiger partial charge in [0.2, 0.25) is 0 Å². The largest absolute Gasteiger partial charge is 0.375 e. The number of para-hydroxylation sites is 1. The lowest BCUT2D eigenvalue weighted by molar-refractivity contribution is -0.384. The highest BCUT2D eigenvalue weighted by atomic mass is 16.6. The van der Waals surface area contributed by atoms with Gasteiger partial charge in [0.25, 0.3) is 11.6 Å². The monoisotopic (exact) mass is 294 g/mol. The van der Waals surface area contributed by atoms with Crippen LogP contribution in [0.25, 0.3) is 0 Å². The van der Waals surface area contributed by atoms with Crippen LogP contribution >= 0.6 is 0 Å². The summed E-state index contributed by atoms with van der Waals surface area (Å²) in [7, 11) is 0. The molecule has 0 bridgehead atoms. The zero-order valence-electron chi connectivity index (χ0n) is 11.7. The molecule has 0 saturated carbocycles. The number of rotatable bonds is 4. The van der Waals surface area contributed by atoms with Gasteiger partial charge in [-0.3, -0.25) is 20.8 Å². The predicted molar refractivity (Wildman–Crippen MR) is 76.8 cm³/mol. The number of hydrogen-bond donors (Lipinski definition) is 2. The van der Waals surface area contributed by atoms with Crippen LogP contribution in [-0.4, -0.2) is 41.5 Å². The lowest BCUT2D eigenvalue weighted by Gasteiger charge is -2.32. The SMILES string of the molecule is CCC1CN(C(=O)c2cccc([N+](=O)[O-])c2NN)CCO1. The average molecular weight is 294 g/mol. The second-order valence-electron chi connectivity index (χ2n) is 4.75. The van der Waals surface area contributed by atoms with Crippen LogP contribution in [0.2, 0.25) is 0 Å². The van der Waals surface area contributed by atoms with Gasteiger partial charge in [-0.15, -0.1) is 0 Å². The van der Waals surface area contributed by atoms with Crippen molar-refractivity contribution in [3.05, 3.63) is 33.9 Å². The zero-order valence-corrected chi connectivity index (χ0v) is 11.7. The normalized spacial score (nSPS) is 18.4. The number of nitro groups is 1. The van der Waals surface area contributed by atoms with Crippen molar-refractivity contribution in [2.75, 3.05) is 25.1 Å². The van der Waals surface area contributed by atoms with Gasteiger partial charge in [0, 0.05) is 19.2 Å². The third kappa shape index (κ3) is 3.11. The van der Waals surface area contributed by atoms with Crippen molar-refractivity contribution < 1.29 is 14.5 Å². The quantitative estimate of drug-likeness (QED) is 0.489. The first-order chi connectivity index (χ1) is 10.1. The van der Waals surface area contributed by atoms with Gasteiger partial charge >= 0.3 is 0 Å². The molecule has 0 aromatic heterocycles. The molecule has 1 aliphatic rings. The van der Waals surface area contributed by atoms with Crippen LogP contribution in [0.5, 0.6) is 0 Å². The molecule has 0 radical (unpaired) electrons. The van der Waals surface area contributed by atoms with E-state index >= 15 is 0 Å². The molecule has 1 fully saturated rings. The molecule has 114 valence electrons. The van der Waals surface area contributed by atoms with E-state index in [1.807, 2.05) is 6.92 Å². The summed E-state index contributed by atoms with van der Waals surface area (Å²) < 4.78 is 5.52. The molecule has 0 spiro atoms. The summed E-state index contributed by atoms with van der Waals surface area (Å²) in [5, 5.41) is 11.0. The number of nitro benzene ring substituents is 1. The molecule has 3 N–H and O–H groups in total. The molecule has 1 saturated heterocycles. The van der Waals surface area contributed by atoms with E-state index in [4.69, 9.17) is 10.6 Å². The van der Waals surface area contributed by atoms with Gasteiger partial charge < -0.3 is 15.1 Å². The first-order valence-corrected chi connectivity index (χ1v) is 6.73. The van der Waals surface area contributed by atoms with Crippen molar-refractivity contribution in [1.82, 2.24) is 4.90 Å². The summed E-state index contributed by atoms with van der Waals surface area (Å²) >= 11 is 0. The summed E-state index contributed by atoms with van der Waals surface area (Å²) in [5.74, 6) is 5.08. The number of morpholine rings is 1. The average Bonchev–Trinajstić information content (AvgIpc) is 2.53. The van der Waals surface area contributed by atoms with Gasteiger partial charge in [0.15, 0.2) is 0 Å². The van der Waals surface area contributed by atoms with Gasteiger partial charge in [0.05, 0.1) is 23.2 Å². The van der Waals surface area contributed by atoms with Crippen LogP contribution in [0.3, 0.4) is 0 Å². The van der Waals surface area contributed by atoms with Crippen molar-refractivity contribution in [1.29, 1.82) is 0 Å². The van der Waals surface area contributed by atoms with E-state index in [0.29, 0.717) is 19.7 Å². The molecular formula is C13H18N4O4. The Kier molecular flexibility index (Phi) is 4.71. The summed E-state index contributed by atoms with van der Waals surface area (Å²) in [6.07, 6.45) is 0.802. The van der Waals surface area contributed by atoms with E-state index in [2.05, 4.69) is 5.43 Å². The number of hydrogen-bond acceptors (Lipinski definition) is 6. The number of carbonyl (C=O) groups is 1. The van der Waals surface area contributed by atoms with Crippen molar-refractivity contribution in [3.8, 4) is 0 Å². The fourth-order valence-corrected chi connectivity index (χ4v) is 2.34. The highest BCUT2D eigenvalue weighted by molar-refractivity contribution is 6.01. The Morgan fingerprint density at radius 1 is 1.62 bits per heavy atom. The lowest BCUT2D eigenvalue weighted by Crippen LogP contribution is -2.45. The van der Waals surface area contributed by atoms with E-state index in [-0.39, 0.29) is 28.9 Å². The van der Waals surface area contributed by atoms with Crippen LogP contribution in [0.15, 0.2) is 18.2 Å². The fourth-order valence-electron chi connectivity index (χ4n) is 2.34. The molecule has 1 heterocycles. The maximum Gasteiger partial charge on any atom is 0.294 e. The highest BCUT2D eigenvalue weighted by Gasteiger charge is 2.28. The number of hydrazine groups is 1. The van der Waals surface area contributed by atoms with Crippen LogP contribution in [-0.2, 0) is 4.74 Å². The second-order valence-corrected chi connectivity index (χ2v) is 4.75. The van der Waals surface area contributed by atoms with Crippen LogP contribution in [0, 0.1) is 10.1 Å². The first-order valence-electron chi connectivity index (χ1n) is 6.73. The van der Waals surface area contributed by atoms with Gasteiger partial charge in [0.1, 0.15) is 5.69 Å². The van der Waals surface area contributed by atoms with Gasteiger partial charge in [-0.1, -0.05) is 13.0 Å². The highest BCUT2D eigenvalue weighted by Crippen LogP contribution is 2.28. The molecule has 1 unspecified atom stereocenters. The topological polar surface area (TPSA) is 111 Å². The molecule has 8 heteroatoms. The summed E-state index contributed by atoms with van der Waals surface area (Å²) in [5.41, 5.74) is 2.28. The van der Waals surface area contributed by atoms with Crippen molar-refractivity contribution in [3.63, 3.8) is 0 Å². The molecule has 2 rings (SSSR count). The summed E-state index contributed by atoms with van der Waals surface area (Å²) in [6.45, 7) is 3.38. The third-order valence-electron chi connectivity index (χ3n) is 3.50. The minimum Gasteiger partial charge on any atom is -0.375 e. The molecule has 21 heavy (non-hydrogen) atoms. The number of anilines is 1. The molecule has 0 aliphatic carbocycles. The van der Waals surface area contributed by atoms with Crippen LogP contribution in [0.4, 0.5) is 11.4 Å². The maximum atomic E-state index is 12.6. The smallest absolute Gasteiger partial charge is 0.294 e. The number of ether oxygens (including phenoxy) is 1. The van der Waals surface area contributed by atoms with E-state index in [1.54, 1.807) is 4.90 Å². The van der Waals surface area contributed by atoms with E-state index in [0.717, 1.165) is 6.42 Å². The number of carbonyl (C=O) groups excluding carboxylic acids is 1. The number of benzene rings is 1. The number of nitrogens with zero attached hydrogens (tertiary/aromatic N) is 2. The Balaban J connectivity index is 2.30. The maximum absolute atomic E-state index is 12.6. The number of nitrogens with one attached hydrogen (secondary N) is 1. The minimum absolute atomic E-state index is 0.00400. The second kappa shape index (κ2) is 6.51.